The van der Waals surface area contributed by atoms with Gasteiger partial charge in [-0.2, -0.15) is 0 Å². The van der Waals surface area contributed by atoms with Crippen molar-refractivity contribution in [1.29, 1.82) is 0 Å². The maximum atomic E-state index is 13.6. The largest absolute Gasteiger partial charge is 0.414 e. The number of rotatable bonds is 7. The Morgan fingerprint density at radius 1 is 0.806 bits per heavy atom. The molecule has 0 aromatic heterocycles. The number of hydrogen-bond donors (Lipinski definition) is 0. The number of piperazine rings is 1. The Kier molecular flexibility index (Phi) is 8.33. The molecule has 3 aromatic carbocycles. The number of carbonyl (C=O) groups is 1. The van der Waals surface area contributed by atoms with Crippen LogP contribution < -0.4 is 4.74 Å². The lowest BCUT2D eigenvalue weighted by molar-refractivity contribution is 0.0838. The molecule has 1 aliphatic heterocycles. The molecule has 5 nitrogen and oxygen atoms in total. The minimum atomic E-state index is -0.369. The minimum Gasteiger partial charge on any atom is -0.410 e. The van der Waals surface area contributed by atoms with Gasteiger partial charge in [0.05, 0.1) is 6.04 Å². The monoisotopic (exact) mass is 493 g/mol. The van der Waals surface area contributed by atoms with E-state index in [-0.39, 0.29) is 29.8 Å². The van der Waals surface area contributed by atoms with Crippen LogP contribution in [0.4, 0.5) is 13.6 Å². The second-order valence-electron chi connectivity index (χ2n) is 9.20. The predicted octanol–water partition coefficient (Wildman–Crippen LogP) is 5.88. The van der Waals surface area contributed by atoms with E-state index in [1.54, 1.807) is 7.05 Å². The topological polar surface area (TPSA) is 36.0 Å². The van der Waals surface area contributed by atoms with Gasteiger partial charge in [-0.15, -0.1) is 0 Å². The SMILES string of the molecule is CCN(C)C(=O)Oc1ccc(C(C)N2CCN(C(c3ccc(F)cc3)c3ccc(F)cc3)CC2)cc1. The van der Waals surface area contributed by atoms with Crippen LogP contribution >= 0.6 is 0 Å². The second-order valence-corrected chi connectivity index (χ2v) is 9.20. The molecule has 4 rings (SSSR count). The van der Waals surface area contributed by atoms with Crippen molar-refractivity contribution in [2.75, 3.05) is 39.8 Å². The summed E-state index contributed by atoms with van der Waals surface area (Å²) >= 11 is 0. The number of hydrogen-bond acceptors (Lipinski definition) is 4. The normalized spacial score (nSPS) is 15.6. The van der Waals surface area contributed by atoms with Gasteiger partial charge in [0.25, 0.3) is 0 Å². The molecule has 1 amide bonds. The molecule has 190 valence electrons. The summed E-state index contributed by atoms with van der Waals surface area (Å²) in [5.41, 5.74) is 3.13. The quantitative estimate of drug-likeness (QED) is 0.412. The van der Waals surface area contributed by atoms with Crippen LogP contribution in [0.3, 0.4) is 0 Å². The molecule has 0 aliphatic carbocycles. The molecule has 0 spiro atoms. The van der Waals surface area contributed by atoms with Gasteiger partial charge in [0.15, 0.2) is 0 Å². The van der Waals surface area contributed by atoms with Crippen molar-refractivity contribution in [1.82, 2.24) is 14.7 Å². The van der Waals surface area contributed by atoms with Crippen LogP contribution in [0.2, 0.25) is 0 Å². The number of ether oxygens (including phenoxy) is 1. The maximum Gasteiger partial charge on any atom is 0.414 e. The summed E-state index contributed by atoms with van der Waals surface area (Å²) in [5.74, 6) is -0.00987. The summed E-state index contributed by atoms with van der Waals surface area (Å²) in [6, 6.07) is 21.0. The van der Waals surface area contributed by atoms with Crippen LogP contribution in [0.5, 0.6) is 5.75 Å². The lowest BCUT2D eigenvalue weighted by atomic mass is 9.96. The van der Waals surface area contributed by atoms with Crippen molar-refractivity contribution in [3.8, 4) is 5.75 Å². The highest BCUT2D eigenvalue weighted by molar-refractivity contribution is 5.70. The van der Waals surface area contributed by atoms with Gasteiger partial charge < -0.3 is 9.64 Å². The van der Waals surface area contributed by atoms with E-state index in [0.29, 0.717) is 12.3 Å². The average molecular weight is 494 g/mol. The molecule has 1 fully saturated rings. The average Bonchev–Trinajstić information content (AvgIpc) is 2.91. The zero-order valence-electron chi connectivity index (χ0n) is 21.0. The Hall–Kier alpha value is -3.29. The van der Waals surface area contributed by atoms with Crippen molar-refractivity contribution < 1.29 is 18.3 Å². The molecule has 36 heavy (non-hydrogen) atoms. The van der Waals surface area contributed by atoms with E-state index in [9.17, 15) is 13.6 Å². The molecule has 0 radical (unpaired) electrons. The summed E-state index contributed by atoms with van der Waals surface area (Å²) in [6.07, 6.45) is -0.369. The molecule has 3 aromatic rings. The summed E-state index contributed by atoms with van der Waals surface area (Å²) in [5, 5.41) is 0. The molecule has 1 aliphatic rings. The Morgan fingerprint density at radius 2 is 1.25 bits per heavy atom. The molecule has 0 bridgehead atoms. The van der Waals surface area contributed by atoms with Crippen molar-refractivity contribution in [2.24, 2.45) is 0 Å². The van der Waals surface area contributed by atoms with E-state index in [4.69, 9.17) is 4.74 Å². The van der Waals surface area contributed by atoms with Crippen LogP contribution in [0, 0.1) is 11.6 Å². The van der Waals surface area contributed by atoms with Gasteiger partial charge in [0, 0.05) is 45.8 Å². The van der Waals surface area contributed by atoms with Gasteiger partial charge in [-0.25, -0.2) is 13.6 Å². The molecule has 1 heterocycles. The summed E-state index contributed by atoms with van der Waals surface area (Å²) in [4.78, 5) is 18.3. The fraction of sp³-hybridized carbons (Fsp3) is 0.345. The zero-order chi connectivity index (χ0) is 25.7. The fourth-order valence-electron chi connectivity index (χ4n) is 4.62. The van der Waals surface area contributed by atoms with E-state index in [0.717, 1.165) is 42.9 Å². The molecule has 1 unspecified atom stereocenters. The second kappa shape index (κ2) is 11.6. The fourth-order valence-corrected chi connectivity index (χ4v) is 4.62. The number of carbonyl (C=O) groups excluding carboxylic acids is 1. The summed E-state index contributed by atoms with van der Waals surface area (Å²) in [6.45, 7) is 8.02. The Bertz CT molecular complexity index is 1080. The lowest BCUT2D eigenvalue weighted by Crippen LogP contribution is -2.48. The molecular weight excluding hydrogens is 460 g/mol. The van der Waals surface area contributed by atoms with E-state index in [1.165, 1.54) is 29.2 Å². The standard InChI is InChI=1S/C29H33F2N3O2/c1-4-32(3)29(35)36-27-15-9-22(10-16-27)21(2)33-17-19-34(20-18-33)28(23-5-11-25(30)12-6-23)24-7-13-26(31)14-8-24/h5-16,21,28H,4,17-20H2,1-3H3. The zero-order valence-corrected chi connectivity index (χ0v) is 21.0. The lowest BCUT2D eigenvalue weighted by Gasteiger charge is -2.42. The summed E-state index contributed by atoms with van der Waals surface area (Å²) < 4.78 is 32.6. The molecule has 1 atom stereocenters. The van der Waals surface area contributed by atoms with Gasteiger partial charge >= 0.3 is 6.09 Å². The first-order valence-corrected chi connectivity index (χ1v) is 12.4. The van der Waals surface area contributed by atoms with E-state index in [1.807, 2.05) is 55.5 Å². The van der Waals surface area contributed by atoms with Crippen molar-refractivity contribution >= 4 is 6.09 Å². The highest BCUT2D eigenvalue weighted by Gasteiger charge is 2.28. The minimum absolute atomic E-state index is 0.0705. The first-order chi connectivity index (χ1) is 17.4. The Morgan fingerprint density at radius 3 is 1.72 bits per heavy atom. The molecule has 1 saturated heterocycles. The smallest absolute Gasteiger partial charge is 0.410 e. The summed E-state index contributed by atoms with van der Waals surface area (Å²) in [7, 11) is 1.70. The highest BCUT2D eigenvalue weighted by atomic mass is 19.1. The highest BCUT2D eigenvalue weighted by Crippen LogP contribution is 2.32. The van der Waals surface area contributed by atoms with Crippen molar-refractivity contribution in [2.45, 2.75) is 25.9 Å². The van der Waals surface area contributed by atoms with E-state index < -0.39 is 0 Å². The number of halogens is 2. The third-order valence-electron chi connectivity index (χ3n) is 6.99. The third-order valence-corrected chi connectivity index (χ3v) is 6.99. The Balaban J connectivity index is 1.42. The van der Waals surface area contributed by atoms with Gasteiger partial charge in [0.1, 0.15) is 17.4 Å². The van der Waals surface area contributed by atoms with Crippen LogP contribution in [-0.4, -0.2) is 60.6 Å². The Labute approximate surface area is 211 Å². The number of benzene rings is 3. The molecule has 0 saturated carbocycles. The van der Waals surface area contributed by atoms with E-state index >= 15 is 0 Å². The van der Waals surface area contributed by atoms with Gasteiger partial charge in [-0.1, -0.05) is 36.4 Å². The van der Waals surface area contributed by atoms with E-state index in [2.05, 4.69) is 16.7 Å². The van der Waals surface area contributed by atoms with Gasteiger partial charge in [-0.05, 0) is 66.9 Å². The van der Waals surface area contributed by atoms with Gasteiger partial charge in [-0.3, -0.25) is 9.80 Å². The molecular formula is C29H33F2N3O2. The van der Waals surface area contributed by atoms with Crippen LogP contribution in [0.1, 0.15) is 42.6 Å². The van der Waals surface area contributed by atoms with Gasteiger partial charge in [0.2, 0.25) is 0 Å². The van der Waals surface area contributed by atoms with Crippen LogP contribution in [0.25, 0.3) is 0 Å². The van der Waals surface area contributed by atoms with Crippen LogP contribution in [0.15, 0.2) is 72.8 Å². The first-order valence-electron chi connectivity index (χ1n) is 12.4. The maximum absolute atomic E-state index is 13.6. The molecule has 7 heteroatoms. The molecule has 0 N–H and O–H groups in total. The third kappa shape index (κ3) is 6.09. The van der Waals surface area contributed by atoms with Crippen LogP contribution in [-0.2, 0) is 0 Å². The predicted molar refractivity (Wildman–Crippen MR) is 137 cm³/mol. The number of nitrogens with zero attached hydrogens (tertiary/aromatic N) is 3. The first kappa shape index (κ1) is 25.8. The van der Waals surface area contributed by atoms with Crippen molar-refractivity contribution in [3.63, 3.8) is 0 Å². The van der Waals surface area contributed by atoms with Crippen molar-refractivity contribution in [3.05, 3.63) is 101 Å². The number of amides is 1.